The summed E-state index contributed by atoms with van der Waals surface area (Å²) in [6.07, 6.45) is 6.31. The van der Waals surface area contributed by atoms with Crippen molar-refractivity contribution in [3.8, 4) is 0 Å². The second-order valence-electron chi connectivity index (χ2n) is 8.09. The van der Waals surface area contributed by atoms with Gasteiger partial charge in [-0.2, -0.15) is 0 Å². The van der Waals surface area contributed by atoms with E-state index in [0.717, 1.165) is 28.6 Å². The zero-order valence-electron chi connectivity index (χ0n) is 19.3. The highest BCUT2D eigenvalue weighted by Gasteiger charge is 2.22. The lowest BCUT2D eigenvalue weighted by Gasteiger charge is -2.19. The Bertz CT molecular complexity index is 1320. The van der Waals surface area contributed by atoms with E-state index in [1.165, 1.54) is 11.3 Å². The number of amides is 4. The van der Waals surface area contributed by atoms with Crippen LogP contribution in [-0.4, -0.2) is 45.2 Å². The molecule has 0 fully saturated rings. The lowest BCUT2D eigenvalue weighted by molar-refractivity contribution is -0.117. The van der Waals surface area contributed by atoms with Gasteiger partial charge in [-0.15, -0.1) is 11.3 Å². The molecule has 2 heterocycles. The van der Waals surface area contributed by atoms with Gasteiger partial charge >= 0.3 is 6.03 Å². The van der Waals surface area contributed by atoms with Gasteiger partial charge < -0.3 is 20.5 Å². The average molecular weight is 507 g/mol. The number of urea groups is 1. The molecule has 0 bridgehead atoms. The Balaban J connectivity index is 1.40. The number of imidazole rings is 1. The summed E-state index contributed by atoms with van der Waals surface area (Å²) < 4.78 is 2.76. The van der Waals surface area contributed by atoms with Crippen molar-refractivity contribution >= 4 is 45.0 Å². The van der Waals surface area contributed by atoms with Crippen molar-refractivity contribution < 1.29 is 19.6 Å². The van der Waals surface area contributed by atoms with Crippen LogP contribution in [0.4, 0.5) is 10.5 Å². The number of hydroxylamine groups is 1. The highest BCUT2D eigenvalue weighted by Crippen LogP contribution is 2.28. The van der Waals surface area contributed by atoms with Crippen LogP contribution < -0.4 is 21.4 Å². The van der Waals surface area contributed by atoms with E-state index in [1.54, 1.807) is 42.3 Å². The average Bonchev–Trinajstić information content (AvgIpc) is 3.56. The van der Waals surface area contributed by atoms with Gasteiger partial charge in [0, 0.05) is 42.3 Å². The molecule has 0 aliphatic carbocycles. The first-order valence-electron chi connectivity index (χ1n) is 11.3. The van der Waals surface area contributed by atoms with E-state index in [0.29, 0.717) is 23.5 Å². The van der Waals surface area contributed by atoms with E-state index in [2.05, 4.69) is 20.9 Å². The Morgan fingerprint density at radius 1 is 1.08 bits per heavy atom. The molecule has 1 atom stereocenters. The van der Waals surface area contributed by atoms with Gasteiger partial charge in [-0.25, -0.2) is 15.3 Å². The standard InChI is InChI=1S/C25H26N6O4S/c32-23(28-19-7-8-21-18(14-19)15-22(36-21)24(33)30-35)20(13-17-5-2-1-3-6-17)29-25(34)27-9-4-11-31-12-10-26-16-31/h1-3,5-8,10,12,14-16,20,35H,4,9,11,13H2,(H,28,32)(H,30,33)(H2,27,29,34)/t20-/m0/s1. The zero-order chi connectivity index (χ0) is 25.3. The van der Waals surface area contributed by atoms with Crippen LogP contribution in [0, 0.1) is 0 Å². The van der Waals surface area contributed by atoms with E-state index in [1.807, 2.05) is 41.1 Å². The summed E-state index contributed by atoms with van der Waals surface area (Å²) in [5.41, 5.74) is 3.06. The monoisotopic (exact) mass is 506 g/mol. The maximum atomic E-state index is 13.2. The highest BCUT2D eigenvalue weighted by molar-refractivity contribution is 7.20. The third-order valence-electron chi connectivity index (χ3n) is 5.45. The molecule has 11 heteroatoms. The molecule has 5 N–H and O–H groups in total. The molecule has 0 aliphatic heterocycles. The summed E-state index contributed by atoms with van der Waals surface area (Å²) >= 11 is 1.23. The number of carbonyl (C=O) groups is 3. The summed E-state index contributed by atoms with van der Waals surface area (Å²) in [7, 11) is 0. The number of nitrogens with zero attached hydrogens (tertiary/aromatic N) is 2. The first-order chi connectivity index (χ1) is 17.5. The highest BCUT2D eigenvalue weighted by atomic mass is 32.1. The lowest BCUT2D eigenvalue weighted by atomic mass is 10.1. The molecule has 0 radical (unpaired) electrons. The Hall–Kier alpha value is -4.22. The molecule has 0 saturated carbocycles. The van der Waals surface area contributed by atoms with Gasteiger partial charge in [-0.3, -0.25) is 14.8 Å². The number of fused-ring (bicyclic) bond motifs is 1. The summed E-state index contributed by atoms with van der Waals surface area (Å²) in [5, 5.41) is 18.1. The molecule has 186 valence electrons. The number of nitrogens with one attached hydrogen (secondary N) is 4. The lowest BCUT2D eigenvalue weighted by Crippen LogP contribution is -2.49. The number of aryl methyl sites for hydroxylation is 1. The van der Waals surface area contributed by atoms with Crippen molar-refractivity contribution in [2.45, 2.75) is 25.4 Å². The van der Waals surface area contributed by atoms with Crippen LogP contribution in [0.15, 0.2) is 73.3 Å². The number of anilines is 1. The number of hydrogen-bond acceptors (Lipinski definition) is 6. The van der Waals surface area contributed by atoms with Crippen LogP contribution in [0.3, 0.4) is 0 Å². The molecule has 0 aliphatic rings. The maximum Gasteiger partial charge on any atom is 0.315 e. The van der Waals surface area contributed by atoms with Crippen LogP contribution in [0.1, 0.15) is 21.7 Å². The molecule has 0 saturated heterocycles. The van der Waals surface area contributed by atoms with Crippen LogP contribution in [-0.2, 0) is 17.8 Å². The predicted molar refractivity (Wildman–Crippen MR) is 137 cm³/mol. The Morgan fingerprint density at radius 2 is 1.92 bits per heavy atom. The number of hydrogen-bond donors (Lipinski definition) is 5. The van der Waals surface area contributed by atoms with Crippen LogP contribution in [0.2, 0.25) is 0 Å². The van der Waals surface area contributed by atoms with E-state index in [9.17, 15) is 14.4 Å². The molecule has 0 unspecified atom stereocenters. The topological polar surface area (TPSA) is 137 Å². The second-order valence-corrected chi connectivity index (χ2v) is 9.17. The SMILES string of the molecule is O=C(NCCCn1ccnc1)N[C@@H](Cc1ccccc1)C(=O)Nc1ccc2sc(C(=O)NO)cc2c1. The van der Waals surface area contributed by atoms with Crippen LogP contribution >= 0.6 is 11.3 Å². The number of rotatable bonds is 10. The van der Waals surface area contributed by atoms with Crippen LogP contribution in [0.5, 0.6) is 0 Å². The third kappa shape index (κ3) is 6.68. The zero-order valence-corrected chi connectivity index (χ0v) is 20.1. The molecule has 4 aromatic rings. The Labute approximate surface area is 211 Å². The normalized spacial score (nSPS) is 11.6. The Kier molecular flexibility index (Phi) is 8.27. The van der Waals surface area contributed by atoms with Crippen molar-refractivity contribution in [1.82, 2.24) is 25.7 Å². The molecule has 0 spiro atoms. The van der Waals surface area contributed by atoms with Crippen molar-refractivity contribution in [1.29, 1.82) is 0 Å². The molecule has 2 aromatic carbocycles. The summed E-state index contributed by atoms with van der Waals surface area (Å²) in [5.74, 6) is -0.958. The van der Waals surface area contributed by atoms with Gasteiger partial charge in [0.15, 0.2) is 0 Å². The minimum Gasteiger partial charge on any atom is -0.338 e. The fourth-order valence-corrected chi connectivity index (χ4v) is 4.60. The van der Waals surface area contributed by atoms with Crippen molar-refractivity contribution in [2.75, 3.05) is 11.9 Å². The second kappa shape index (κ2) is 12.0. The molecule has 4 rings (SSSR count). The van der Waals surface area contributed by atoms with E-state index < -0.39 is 18.0 Å². The first kappa shape index (κ1) is 24.9. The molecular weight excluding hydrogens is 480 g/mol. The first-order valence-corrected chi connectivity index (χ1v) is 12.2. The Morgan fingerprint density at radius 3 is 2.67 bits per heavy atom. The van der Waals surface area contributed by atoms with Gasteiger partial charge in [-0.1, -0.05) is 30.3 Å². The van der Waals surface area contributed by atoms with E-state index in [4.69, 9.17) is 5.21 Å². The van der Waals surface area contributed by atoms with E-state index >= 15 is 0 Å². The molecule has 36 heavy (non-hydrogen) atoms. The summed E-state index contributed by atoms with van der Waals surface area (Å²) in [6.45, 7) is 1.17. The number of thiophene rings is 1. The number of benzene rings is 2. The summed E-state index contributed by atoms with van der Waals surface area (Å²) in [4.78, 5) is 41.8. The molecule has 4 amide bonds. The fourth-order valence-electron chi connectivity index (χ4n) is 3.67. The predicted octanol–water partition coefficient (Wildman–Crippen LogP) is 3.16. The minimum atomic E-state index is -0.810. The largest absolute Gasteiger partial charge is 0.338 e. The van der Waals surface area contributed by atoms with E-state index in [-0.39, 0.29) is 5.91 Å². The smallest absolute Gasteiger partial charge is 0.315 e. The molecule has 2 aromatic heterocycles. The number of carbonyl (C=O) groups excluding carboxylic acids is 3. The van der Waals surface area contributed by atoms with Crippen molar-refractivity contribution in [3.63, 3.8) is 0 Å². The summed E-state index contributed by atoms with van der Waals surface area (Å²) in [6, 6.07) is 15.1. The van der Waals surface area contributed by atoms with Crippen molar-refractivity contribution in [2.24, 2.45) is 0 Å². The molecule has 10 nitrogen and oxygen atoms in total. The van der Waals surface area contributed by atoms with Gasteiger partial charge in [0.1, 0.15) is 6.04 Å². The van der Waals surface area contributed by atoms with Gasteiger partial charge in [-0.05, 0) is 41.6 Å². The minimum absolute atomic E-state index is 0.316. The number of aromatic nitrogens is 2. The van der Waals surface area contributed by atoms with Gasteiger partial charge in [0.25, 0.3) is 5.91 Å². The fraction of sp³-hybridized carbons (Fsp3) is 0.200. The van der Waals surface area contributed by atoms with Gasteiger partial charge in [0.05, 0.1) is 11.2 Å². The quantitative estimate of drug-likeness (QED) is 0.128. The van der Waals surface area contributed by atoms with Gasteiger partial charge in [0.2, 0.25) is 5.91 Å². The third-order valence-corrected chi connectivity index (χ3v) is 6.57. The van der Waals surface area contributed by atoms with Crippen LogP contribution in [0.25, 0.3) is 10.1 Å². The molecular formula is C25H26N6O4S. The maximum absolute atomic E-state index is 13.2. The van der Waals surface area contributed by atoms with Crippen molar-refractivity contribution in [3.05, 3.63) is 83.8 Å².